The Morgan fingerprint density at radius 2 is 0.909 bits per heavy atom. The maximum absolute atomic E-state index is 10.6. The number of hydrogen-bond acceptors (Lipinski definition) is 10. The molecule has 0 heterocycles. The second kappa shape index (κ2) is 9.67. The Labute approximate surface area is 168 Å². The van der Waals surface area contributed by atoms with Crippen molar-refractivity contribution < 1.29 is 117 Å². The van der Waals surface area contributed by atoms with E-state index in [9.17, 15) is 39.3 Å². The molecule has 6 N–H and O–H groups in total. The molecule has 120 valence electrons. The minimum atomic E-state index is -5.51. The normalized spacial score (nSPS) is 40.5. The average molecular weight is 384 g/mol. The van der Waals surface area contributed by atoms with Crippen molar-refractivity contribution in [1.29, 1.82) is 0 Å². The van der Waals surface area contributed by atoms with Crippen molar-refractivity contribution in [3.05, 3.63) is 0 Å². The van der Waals surface area contributed by atoms with Gasteiger partial charge in [-0.3, -0.25) is 9.13 Å². The fourth-order valence-electron chi connectivity index (χ4n) is 1.73. The van der Waals surface area contributed by atoms with Gasteiger partial charge in [0.1, 0.15) is 36.6 Å². The van der Waals surface area contributed by atoms with Crippen molar-refractivity contribution in [1.82, 2.24) is 0 Å². The first-order valence-corrected chi connectivity index (χ1v) is 7.99. The number of rotatable bonds is 4. The van der Waals surface area contributed by atoms with Gasteiger partial charge < -0.3 is 49.0 Å². The number of hydrogen-bond donors (Lipinski definition) is 6. The summed E-state index contributed by atoms with van der Waals surface area (Å²) in [6.45, 7) is 0. The van der Waals surface area contributed by atoms with E-state index in [1.165, 1.54) is 0 Å². The molecule has 0 saturated heterocycles. The summed E-state index contributed by atoms with van der Waals surface area (Å²) in [6.07, 6.45) is -13.3. The molecule has 1 rings (SSSR count). The summed E-state index contributed by atoms with van der Waals surface area (Å²) >= 11 is 0. The Bertz CT molecular complexity index is 397. The van der Waals surface area contributed by atoms with Gasteiger partial charge in [-0.1, -0.05) is 0 Å². The quantitative estimate of drug-likeness (QED) is 0.196. The van der Waals surface area contributed by atoms with Gasteiger partial charge in [0.2, 0.25) is 0 Å². The van der Waals surface area contributed by atoms with Crippen molar-refractivity contribution in [3.8, 4) is 0 Å². The second-order valence-corrected chi connectivity index (χ2v) is 6.34. The van der Waals surface area contributed by atoms with E-state index in [2.05, 4.69) is 9.05 Å². The summed E-state index contributed by atoms with van der Waals surface area (Å²) in [6, 6.07) is 0. The predicted octanol–water partition coefficient (Wildman–Crippen LogP) is -10.9. The molecule has 0 aromatic heterocycles. The van der Waals surface area contributed by atoms with E-state index in [-0.39, 0.29) is 59.1 Å². The monoisotopic (exact) mass is 384 g/mol. The van der Waals surface area contributed by atoms with E-state index in [1.807, 2.05) is 0 Å². The van der Waals surface area contributed by atoms with Crippen molar-refractivity contribution in [2.24, 2.45) is 0 Å². The summed E-state index contributed by atoms with van der Waals surface area (Å²) < 4.78 is 29.1. The van der Waals surface area contributed by atoms with Crippen LogP contribution in [0.15, 0.2) is 0 Å². The molecule has 1 aliphatic rings. The molecule has 0 aliphatic heterocycles. The molecule has 1 fully saturated rings. The molecule has 0 radical (unpaired) electrons. The molecule has 0 spiro atoms. The zero-order chi connectivity index (χ0) is 15.9. The van der Waals surface area contributed by atoms with Crippen LogP contribution in [0.1, 0.15) is 0 Å². The third-order valence-electron chi connectivity index (χ3n) is 2.56. The van der Waals surface area contributed by atoms with Crippen LogP contribution >= 0.6 is 15.6 Å². The van der Waals surface area contributed by atoms with Crippen LogP contribution in [0.2, 0.25) is 0 Å². The Kier molecular flexibility index (Phi) is 11.6. The molecule has 1 aliphatic carbocycles. The smallest absolute Gasteiger partial charge is 0.756 e. The largest absolute Gasteiger partial charge is 1.00 e. The first-order valence-electron chi connectivity index (χ1n) is 5.00. The van der Waals surface area contributed by atoms with Crippen LogP contribution in [-0.2, 0) is 18.2 Å². The molecule has 0 aromatic carbocycles. The first kappa shape index (κ1) is 26.3. The van der Waals surface area contributed by atoms with Crippen molar-refractivity contribution in [2.75, 3.05) is 0 Å². The Hall–Kier alpha value is 2.06. The maximum atomic E-state index is 10.6. The second-order valence-electron chi connectivity index (χ2n) is 4.04. The predicted molar refractivity (Wildman–Crippen MR) is 53.4 cm³/mol. The van der Waals surface area contributed by atoms with Crippen LogP contribution in [0, 0.1) is 0 Å². The van der Waals surface area contributed by atoms with Gasteiger partial charge in [-0.2, -0.15) is 0 Å². The average Bonchev–Trinajstić information content (AvgIpc) is 2.25. The summed E-state index contributed by atoms with van der Waals surface area (Å²) in [4.78, 5) is 38.3. The Morgan fingerprint density at radius 3 is 1.09 bits per heavy atom. The van der Waals surface area contributed by atoms with Crippen LogP contribution in [0.5, 0.6) is 0 Å². The Balaban J connectivity index is 0. The summed E-state index contributed by atoms with van der Waals surface area (Å²) in [5.74, 6) is 0. The summed E-state index contributed by atoms with van der Waals surface area (Å²) in [5.41, 5.74) is 0. The Morgan fingerprint density at radius 1 is 0.682 bits per heavy atom. The molecule has 8 atom stereocenters. The third kappa shape index (κ3) is 7.52. The van der Waals surface area contributed by atoms with Crippen LogP contribution in [0.3, 0.4) is 0 Å². The van der Waals surface area contributed by atoms with E-state index in [0.29, 0.717) is 0 Å². The van der Waals surface area contributed by atoms with E-state index in [1.54, 1.807) is 0 Å². The van der Waals surface area contributed by atoms with E-state index >= 15 is 0 Å². The van der Waals surface area contributed by atoms with Crippen molar-refractivity contribution in [2.45, 2.75) is 36.6 Å². The third-order valence-corrected chi connectivity index (χ3v) is 3.58. The number of phosphoric ester groups is 2. The molecule has 16 heteroatoms. The van der Waals surface area contributed by atoms with Gasteiger partial charge in [0, 0.05) is 0 Å². The van der Waals surface area contributed by atoms with Gasteiger partial charge in [-0.25, -0.2) is 0 Å². The van der Waals surface area contributed by atoms with E-state index in [0.717, 1.165) is 0 Å². The van der Waals surface area contributed by atoms with Gasteiger partial charge in [-0.15, -0.1) is 0 Å². The molecule has 1 saturated carbocycles. The maximum Gasteiger partial charge on any atom is 1.00 e. The zero-order valence-electron chi connectivity index (χ0n) is 11.5. The SMILES string of the molecule is O=P([O-])(O)OC1C(O)C(O)C(O)C(O)C1OP(=O)([O-])O.[Na+].[Na+]. The minimum Gasteiger partial charge on any atom is -0.756 e. The number of phosphoric acid groups is 2. The molecule has 0 amide bonds. The van der Waals surface area contributed by atoms with Crippen molar-refractivity contribution in [3.63, 3.8) is 0 Å². The molecule has 22 heavy (non-hydrogen) atoms. The fourth-order valence-corrected chi connectivity index (χ4v) is 2.84. The fraction of sp³-hybridized carbons (Fsp3) is 1.00. The van der Waals surface area contributed by atoms with Gasteiger partial charge >= 0.3 is 59.1 Å². The number of aliphatic hydroxyl groups is 4. The van der Waals surface area contributed by atoms with Crippen molar-refractivity contribution >= 4 is 15.6 Å². The van der Waals surface area contributed by atoms with Gasteiger partial charge in [0.15, 0.2) is 0 Å². The van der Waals surface area contributed by atoms with Gasteiger partial charge in [-0.05, 0) is 0 Å². The van der Waals surface area contributed by atoms with Gasteiger partial charge in [0.05, 0.1) is 0 Å². The summed E-state index contributed by atoms with van der Waals surface area (Å²) in [5, 5.41) is 37.6. The van der Waals surface area contributed by atoms with E-state index in [4.69, 9.17) is 9.79 Å². The van der Waals surface area contributed by atoms with Crippen LogP contribution < -0.4 is 68.9 Å². The zero-order valence-corrected chi connectivity index (χ0v) is 17.3. The summed E-state index contributed by atoms with van der Waals surface area (Å²) in [7, 11) is -11.0. The molecule has 12 nitrogen and oxygen atoms in total. The molecular formula is C6H12Na2O12P2. The standard InChI is InChI=1S/C6H14O12P2.2Na/c7-1-2(8)4(10)6(18-20(14,15)16)5(3(1)9)17-19(11,12)13;;/h1-10H,(H2,11,12,13)(H2,14,15,16);;/q;2*+1/p-2. The molecule has 8 unspecified atom stereocenters. The first-order chi connectivity index (χ1) is 8.83. The topological polar surface area (TPSA) is 220 Å². The minimum absolute atomic E-state index is 0. The molecular weight excluding hydrogens is 372 g/mol. The van der Waals surface area contributed by atoms with Crippen LogP contribution in [0.25, 0.3) is 0 Å². The van der Waals surface area contributed by atoms with Crippen LogP contribution in [0.4, 0.5) is 0 Å². The van der Waals surface area contributed by atoms with E-state index < -0.39 is 52.3 Å². The molecule has 0 bridgehead atoms. The van der Waals surface area contributed by atoms with Gasteiger partial charge in [0.25, 0.3) is 15.6 Å². The number of aliphatic hydroxyl groups excluding tert-OH is 4. The van der Waals surface area contributed by atoms with Crippen LogP contribution in [-0.4, -0.2) is 66.8 Å². The molecule has 0 aromatic rings.